The maximum Gasteiger partial charge on any atom is 0.229 e. The quantitative estimate of drug-likeness (QED) is 0.711. The predicted octanol–water partition coefficient (Wildman–Crippen LogP) is -0.0985. The average Bonchev–Trinajstić information content (AvgIpc) is 2.43. The minimum Gasteiger partial charge on any atom is -0.497 e. The van der Waals surface area contributed by atoms with Gasteiger partial charge in [0.1, 0.15) is 29.8 Å². The Morgan fingerprint density at radius 2 is 1.53 bits per heavy atom. The van der Waals surface area contributed by atoms with Crippen molar-refractivity contribution in [1.82, 2.24) is 0 Å². The van der Waals surface area contributed by atoms with Crippen molar-refractivity contribution in [3.8, 4) is 11.5 Å². The van der Waals surface area contributed by atoms with Crippen LogP contribution in [0.4, 0.5) is 0 Å². The molecule has 0 spiro atoms. The predicted molar refractivity (Wildman–Crippen MR) is 66.0 cm³/mol. The molecule has 0 aliphatic carbocycles. The molecule has 1 aliphatic rings. The first-order chi connectivity index (χ1) is 9.02. The molecule has 0 bridgehead atoms. The summed E-state index contributed by atoms with van der Waals surface area (Å²) in [5.41, 5.74) is 0. The molecule has 2 rings (SSSR count). The van der Waals surface area contributed by atoms with Crippen LogP contribution >= 0.6 is 0 Å². The van der Waals surface area contributed by atoms with Crippen LogP contribution in [-0.4, -0.2) is 53.1 Å². The molecule has 19 heavy (non-hydrogen) atoms. The highest BCUT2D eigenvalue weighted by Crippen LogP contribution is 2.25. The normalized spacial score (nSPS) is 34.9. The van der Waals surface area contributed by atoms with E-state index in [1.54, 1.807) is 38.3 Å². The molecule has 6 heteroatoms. The average molecular weight is 270 g/mol. The molecule has 1 heterocycles. The maximum atomic E-state index is 9.80. The molecule has 0 aromatic heterocycles. The Labute approximate surface area is 111 Å². The molecule has 6 nitrogen and oxygen atoms in total. The topological polar surface area (TPSA) is 88.4 Å². The smallest absolute Gasteiger partial charge is 0.229 e. The van der Waals surface area contributed by atoms with Crippen LogP contribution in [0.15, 0.2) is 24.3 Å². The van der Waals surface area contributed by atoms with E-state index in [2.05, 4.69) is 0 Å². The fourth-order valence-corrected chi connectivity index (χ4v) is 1.90. The summed E-state index contributed by atoms with van der Waals surface area (Å²) in [6, 6.07) is 6.74. The van der Waals surface area contributed by atoms with Crippen LogP contribution in [0.25, 0.3) is 0 Å². The van der Waals surface area contributed by atoms with Gasteiger partial charge >= 0.3 is 0 Å². The van der Waals surface area contributed by atoms with E-state index < -0.39 is 30.7 Å². The molecular formula is C13H18O6. The second-order valence-electron chi connectivity index (χ2n) is 4.47. The number of aliphatic hydroxyl groups is 3. The molecule has 3 N–H and O–H groups in total. The van der Waals surface area contributed by atoms with Gasteiger partial charge in [0.05, 0.1) is 13.2 Å². The standard InChI is InChI=1S/C13H18O6/c1-7-10(14)11(15)12(16)13(18-7)19-9-5-3-8(17-2)4-6-9/h3-7,10-16H,1-2H3/t7-,10-,11+,12+,13-/m0/s1. The van der Waals surface area contributed by atoms with Gasteiger partial charge in [-0.3, -0.25) is 0 Å². The van der Waals surface area contributed by atoms with E-state index >= 15 is 0 Å². The summed E-state index contributed by atoms with van der Waals surface area (Å²) < 4.78 is 15.8. The van der Waals surface area contributed by atoms with E-state index in [-0.39, 0.29) is 0 Å². The summed E-state index contributed by atoms with van der Waals surface area (Å²) in [7, 11) is 1.56. The lowest BCUT2D eigenvalue weighted by Gasteiger charge is -2.38. The van der Waals surface area contributed by atoms with Crippen molar-refractivity contribution in [3.63, 3.8) is 0 Å². The zero-order valence-corrected chi connectivity index (χ0v) is 10.8. The fourth-order valence-electron chi connectivity index (χ4n) is 1.90. The zero-order chi connectivity index (χ0) is 14.0. The second-order valence-corrected chi connectivity index (χ2v) is 4.47. The molecule has 1 aromatic rings. The molecule has 0 radical (unpaired) electrons. The number of methoxy groups -OCH3 is 1. The fraction of sp³-hybridized carbons (Fsp3) is 0.538. The van der Waals surface area contributed by atoms with Crippen molar-refractivity contribution in [3.05, 3.63) is 24.3 Å². The number of rotatable bonds is 3. The first-order valence-corrected chi connectivity index (χ1v) is 6.03. The summed E-state index contributed by atoms with van der Waals surface area (Å²) in [5.74, 6) is 1.15. The summed E-state index contributed by atoms with van der Waals surface area (Å²) in [4.78, 5) is 0. The Morgan fingerprint density at radius 3 is 2.11 bits per heavy atom. The van der Waals surface area contributed by atoms with E-state index in [4.69, 9.17) is 14.2 Å². The van der Waals surface area contributed by atoms with Crippen LogP contribution in [0.1, 0.15) is 6.92 Å². The lowest BCUT2D eigenvalue weighted by atomic mass is 10.00. The zero-order valence-electron chi connectivity index (χ0n) is 10.8. The third kappa shape index (κ3) is 2.98. The van der Waals surface area contributed by atoms with Gasteiger partial charge in [-0.2, -0.15) is 0 Å². The number of hydrogen-bond acceptors (Lipinski definition) is 6. The van der Waals surface area contributed by atoms with Crippen LogP contribution in [-0.2, 0) is 4.74 Å². The van der Waals surface area contributed by atoms with Gasteiger partial charge in [-0.25, -0.2) is 0 Å². The van der Waals surface area contributed by atoms with Crippen molar-refractivity contribution >= 4 is 0 Å². The van der Waals surface area contributed by atoms with Crippen LogP contribution in [0, 0.1) is 0 Å². The first kappa shape index (κ1) is 14.1. The van der Waals surface area contributed by atoms with Gasteiger partial charge in [-0.15, -0.1) is 0 Å². The van der Waals surface area contributed by atoms with Crippen molar-refractivity contribution in [2.24, 2.45) is 0 Å². The van der Waals surface area contributed by atoms with Crippen LogP contribution in [0.2, 0.25) is 0 Å². The summed E-state index contributed by atoms with van der Waals surface area (Å²) >= 11 is 0. The molecule has 1 saturated heterocycles. The molecule has 0 unspecified atom stereocenters. The highest BCUT2D eigenvalue weighted by atomic mass is 16.7. The first-order valence-electron chi connectivity index (χ1n) is 6.03. The summed E-state index contributed by atoms with van der Waals surface area (Å²) in [6.07, 6.45) is -5.39. The molecule has 0 saturated carbocycles. The highest BCUT2D eigenvalue weighted by Gasteiger charge is 2.43. The van der Waals surface area contributed by atoms with Crippen LogP contribution in [0.3, 0.4) is 0 Å². The van der Waals surface area contributed by atoms with E-state index in [1.165, 1.54) is 0 Å². The van der Waals surface area contributed by atoms with Crippen molar-refractivity contribution in [1.29, 1.82) is 0 Å². The van der Waals surface area contributed by atoms with E-state index in [9.17, 15) is 15.3 Å². The molecule has 5 atom stereocenters. The summed E-state index contributed by atoms with van der Waals surface area (Å²) in [6.45, 7) is 1.60. The number of hydrogen-bond donors (Lipinski definition) is 3. The van der Waals surface area contributed by atoms with Gasteiger partial charge in [0, 0.05) is 0 Å². The molecule has 1 aromatic carbocycles. The monoisotopic (exact) mass is 270 g/mol. The third-order valence-corrected chi connectivity index (χ3v) is 3.12. The van der Waals surface area contributed by atoms with E-state index in [0.29, 0.717) is 11.5 Å². The second kappa shape index (κ2) is 5.75. The number of benzene rings is 1. The SMILES string of the molecule is COc1ccc(O[C@@H]2O[C@@H](C)[C@H](O)[C@@H](O)[C@H]2O)cc1. The lowest BCUT2D eigenvalue weighted by molar-refractivity contribution is -0.268. The van der Waals surface area contributed by atoms with E-state index in [0.717, 1.165) is 0 Å². The molecule has 1 aliphatic heterocycles. The molecule has 106 valence electrons. The Morgan fingerprint density at radius 1 is 0.947 bits per heavy atom. The minimum atomic E-state index is -1.31. The van der Waals surface area contributed by atoms with Gasteiger partial charge < -0.3 is 29.5 Å². The number of ether oxygens (including phenoxy) is 3. The largest absolute Gasteiger partial charge is 0.497 e. The van der Waals surface area contributed by atoms with Crippen molar-refractivity contribution in [2.45, 2.75) is 37.6 Å². The Bertz CT molecular complexity index is 406. The Kier molecular flexibility index (Phi) is 4.26. The summed E-state index contributed by atoms with van der Waals surface area (Å²) in [5, 5.41) is 29.0. The Hall–Kier alpha value is -1.34. The minimum absolute atomic E-state index is 0.473. The van der Waals surface area contributed by atoms with Gasteiger partial charge in [0.25, 0.3) is 0 Å². The maximum absolute atomic E-state index is 9.80. The van der Waals surface area contributed by atoms with Crippen LogP contribution < -0.4 is 9.47 Å². The highest BCUT2D eigenvalue weighted by molar-refractivity contribution is 5.31. The van der Waals surface area contributed by atoms with Crippen molar-refractivity contribution in [2.75, 3.05) is 7.11 Å². The van der Waals surface area contributed by atoms with Gasteiger partial charge in [0.15, 0.2) is 0 Å². The van der Waals surface area contributed by atoms with Crippen molar-refractivity contribution < 1.29 is 29.5 Å². The number of aliphatic hydroxyl groups excluding tert-OH is 3. The molecule has 1 fully saturated rings. The van der Waals surface area contributed by atoms with Gasteiger partial charge in [-0.1, -0.05) is 0 Å². The van der Waals surface area contributed by atoms with Gasteiger partial charge in [0.2, 0.25) is 6.29 Å². The molecular weight excluding hydrogens is 252 g/mol. The van der Waals surface area contributed by atoms with Gasteiger partial charge in [-0.05, 0) is 31.2 Å². The third-order valence-electron chi connectivity index (χ3n) is 3.12. The van der Waals surface area contributed by atoms with E-state index in [1.807, 2.05) is 0 Å². The lowest BCUT2D eigenvalue weighted by Crippen LogP contribution is -2.58. The molecule has 0 amide bonds. The Balaban J connectivity index is 2.05. The van der Waals surface area contributed by atoms with Crippen LogP contribution in [0.5, 0.6) is 11.5 Å².